The highest BCUT2D eigenvalue weighted by molar-refractivity contribution is 5.37. The van der Waals surface area contributed by atoms with Crippen molar-refractivity contribution in [1.82, 2.24) is 24.7 Å². The minimum atomic E-state index is -0.445. The number of aryl methyl sites for hydroxylation is 2. The Balaban J connectivity index is 1.64. The highest BCUT2D eigenvalue weighted by Crippen LogP contribution is 2.37. The molecule has 1 fully saturated rings. The van der Waals surface area contributed by atoms with Crippen LogP contribution >= 0.6 is 0 Å². The lowest BCUT2D eigenvalue weighted by Gasteiger charge is -2.16. The molecule has 23 heavy (non-hydrogen) atoms. The van der Waals surface area contributed by atoms with E-state index in [9.17, 15) is 9.50 Å². The third-order valence-corrected chi connectivity index (χ3v) is 4.50. The Bertz CT molecular complexity index is 676. The molecule has 2 N–H and O–H groups in total. The molecule has 2 aromatic heterocycles. The second-order valence-corrected chi connectivity index (χ2v) is 6.01. The van der Waals surface area contributed by atoms with E-state index in [0.29, 0.717) is 25.1 Å². The number of hydrogen-bond acceptors (Lipinski definition) is 6. The number of rotatable bonds is 5. The zero-order valence-corrected chi connectivity index (χ0v) is 13.3. The molecule has 1 aliphatic carbocycles. The van der Waals surface area contributed by atoms with Gasteiger partial charge in [0.25, 0.3) is 0 Å². The molecule has 1 saturated carbocycles. The van der Waals surface area contributed by atoms with E-state index in [1.54, 1.807) is 6.33 Å². The second kappa shape index (κ2) is 6.57. The monoisotopic (exact) mass is 320 g/mol. The highest BCUT2D eigenvalue weighted by atomic mass is 19.1. The van der Waals surface area contributed by atoms with Crippen molar-refractivity contribution in [3.05, 3.63) is 30.0 Å². The van der Waals surface area contributed by atoms with E-state index in [0.717, 1.165) is 12.2 Å². The summed E-state index contributed by atoms with van der Waals surface area (Å²) in [5.41, 5.74) is 0.395. The second-order valence-electron chi connectivity index (χ2n) is 6.01. The summed E-state index contributed by atoms with van der Waals surface area (Å²) in [5.74, 6) is 0.869. The third kappa shape index (κ3) is 3.17. The Morgan fingerprint density at radius 2 is 2.22 bits per heavy atom. The number of anilines is 1. The summed E-state index contributed by atoms with van der Waals surface area (Å²) < 4.78 is 16.0. The molecule has 1 aliphatic rings. The fourth-order valence-electron chi connectivity index (χ4n) is 3.20. The molecule has 0 unspecified atom stereocenters. The predicted molar refractivity (Wildman–Crippen MR) is 82.3 cm³/mol. The minimum absolute atomic E-state index is 0.0242. The van der Waals surface area contributed by atoms with Crippen LogP contribution in [0.25, 0.3) is 0 Å². The van der Waals surface area contributed by atoms with Crippen molar-refractivity contribution in [1.29, 1.82) is 0 Å². The molecule has 0 amide bonds. The molecule has 0 bridgehead atoms. The Labute approximate surface area is 134 Å². The maximum atomic E-state index is 14.1. The zero-order valence-electron chi connectivity index (χ0n) is 13.3. The SMILES string of the molecule is CCc1ncnc(NC[C@H]2C[C@H](c3nncn3C)C[C@H]2O)c1F. The molecule has 0 aliphatic heterocycles. The Morgan fingerprint density at radius 3 is 2.91 bits per heavy atom. The molecule has 3 rings (SSSR count). The van der Waals surface area contributed by atoms with Crippen molar-refractivity contribution in [2.45, 2.75) is 38.2 Å². The van der Waals surface area contributed by atoms with E-state index in [1.165, 1.54) is 6.33 Å². The van der Waals surface area contributed by atoms with Crippen LogP contribution in [0, 0.1) is 11.7 Å². The molecule has 0 saturated heterocycles. The number of halogens is 1. The predicted octanol–water partition coefficient (Wildman–Crippen LogP) is 1.27. The first-order valence-corrected chi connectivity index (χ1v) is 7.85. The maximum absolute atomic E-state index is 14.1. The normalized spacial score (nSPS) is 24.1. The van der Waals surface area contributed by atoms with Crippen LogP contribution in [0.15, 0.2) is 12.7 Å². The van der Waals surface area contributed by atoms with Crippen LogP contribution in [0.2, 0.25) is 0 Å². The molecule has 2 heterocycles. The van der Waals surface area contributed by atoms with Crippen molar-refractivity contribution >= 4 is 5.82 Å². The quantitative estimate of drug-likeness (QED) is 0.862. The van der Waals surface area contributed by atoms with E-state index < -0.39 is 11.9 Å². The number of nitrogens with zero attached hydrogens (tertiary/aromatic N) is 5. The van der Waals surface area contributed by atoms with Gasteiger partial charge in [-0.1, -0.05) is 6.92 Å². The fourth-order valence-corrected chi connectivity index (χ4v) is 3.20. The van der Waals surface area contributed by atoms with Crippen LogP contribution in [0.1, 0.15) is 37.2 Å². The molecule has 0 radical (unpaired) electrons. The third-order valence-electron chi connectivity index (χ3n) is 4.50. The Kier molecular flexibility index (Phi) is 4.51. The van der Waals surface area contributed by atoms with Crippen molar-refractivity contribution < 1.29 is 9.50 Å². The zero-order chi connectivity index (χ0) is 16.4. The summed E-state index contributed by atoms with van der Waals surface area (Å²) in [7, 11) is 1.90. The van der Waals surface area contributed by atoms with E-state index in [-0.39, 0.29) is 17.7 Å². The lowest BCUT2D eigenvalue weighted by atomic mass is 10.0. The summed E-state index contributed by atoms with van der Waals surface area (Å²) >= 11 is 0. The Morgan fingerprint density at radius 1 is 1.39 bits per heavy atom. The molecular formula is C15H21FN6O. The summed E-state index contributed by atoms with van der Waals surface area (Å²) in [6.07, 6.45) is 4.52. The first-order chi connectivity index (χ1) is 11.1. The topological polar surface area (TPSA) is 88.8 Å². The van der Waals surface area contributed by atoms with Crippen LogP contribution in [-0.4, -0.2) is 42.5 Å². The van der Waals surface area contributed by atoms with Crippen LogP contribution in [0.3, 0.4) is 0 Å². The molecule has 2 aromatic rings. The summed E-state index contributed by atoms with van der Waals surface area (Å²) in [6, 6.07) is 0. The van der Waals surface area contributed by atoms with Gasteiger partial charge in [0.15, 0.2) is 11.6 Å². The van der Waals surface area contributed by atoms with Gasteiger partial charge in [-0.2, -0.15) is 0 Å². The summed E-state index contributed by atoms with van der Waals surface area (Å²) in [6.45, 7) is 2.31. The average Bonchev–Trinajstić information content (AvgIpc) is 3.12. The van der Waals surface area contributed by atoms with E-state index in [1.807, 2.05) is 18.5 Å². The number of nitrogens with one attached hydrogen (secondary N) is 1. The maximum Gasteiger partial charge on any atom is 0.186 e. The number of hydrogen-bond donors (Lipinski definition) is 2. The highest BCUT2D eigenvalue weighted by Gasteiger charge is 2.35. The van der Waals surface area contributed by atoms with E-state index in [4.69, 9.17) is 0 Å². The summed E-state index contributed by atoms with van der Waals surface area (Å²) in [4.78, 5) is 7.86. The lowest BCUT2D eigenvalue weighted by Crippen LogP contribution is -2.23. The van der Waals surface area contributed by atoms with Crippen molar-refractivity contribution in [3.63, 3.8) is 0 Å². The average molecular weight is 320 g/mol. The van der Waals surface area contributed by atoms with Crippen molar-refractivity contribution in [3.8, 4) is 0 Å². The molecule has 124 valence electrons. The molecule has 3 atom stereocenters. The molecule has 0 spiro atoms. The number of aliphatic hydroxyl groups is 1. The van der Waals surface area contributed by atoms with Gasteiger partial charge in [-0.25, -0.2) is 14.4 Å². The van der Waals surface area contributed by atoms with E-state index in [2.05, 4.69) is 25.5 Å². The van der Waals surface area contributed by atoms with Gasteiger partial charge in [-0.05, 0) is 19.3 Å². The molecule has 8 heteroatoms. The largest absolute Gasteiger partial charge is 0.393 e. The first kappa shape index (κ1) is 15.8. The van der Waals surface area contributed by atoms with Gasteiger partial charge in [0.1, 0.15) is 18.5 Å². The molecule has 7 nitrogen and oxygen atoms in total. The first-order valence-electron chi connectivity index (χ1n) is 7.85. The van der Waals surface area contributed by atoms with Gasteiger partial charge in [0.05, 0.1) is 11.8 Å². The van der Waals surface area contributed by atoms with Gasteiger partial charge < -0.3 is 15.0 Å². The van der Waals surface area contributed by atoms with E-state index >= 15 is 0 Å². The van der Waals surface area contributed by atoms with Gasteiger partial charge in [0.2, 0.25) is 0 Å². The standard InChI is InChI=1S/C15H21FN6O/c1-3-11-13(16)14(19-7-18-11)17-6-10-4-9(5-12(10)23)15-21-20-8-22(15)2/h7-10,12,23H,3-6H2,1-2H3,(H,17,18,19)/t9-,10+,12+/m0/s1. The molecule has 0 aromatic carbocycles. The Hall–Kier alpha value is -2.09. The number of aromatic nitrogens is 5. The van der Waals surface area contributed by atoms with Crippen molar-refractivity contribution in [2.75, 3.05) is 11.9 Å². The van der Waals surface area contributed by atoms with Crippen LogP contribution < -0.4 is 5.32 Å². The summed E-state index contributed by atoms with van der Waals surface area (Å²) in [5, 5.41) is 21.3. The van der Waals surface area contributed by atoms with Gasteiger partial charge >= 0.3 is 0 Å². The lowest BCUT2D eigenvalue weighted by molar-refractivity contribution is 0.137. The van der Waals surface area contributed by atoms with Crippen LogP contribution in [-0.2, 0) is 13.5 Å². The van der Waals surface area contributed by atoms with Crippen LogP contribution in [0.5, 0.6) is 0 Å². The fraction of sp³-hybridized carbons (Fsp3) is 0.600. The van der Waals surface area contributed by atoms with Gasteiger partial charge in [-0.15, -0.1) is 10.2 Å². The van der Waals surface area contributed by atoms with Gasteiger partial charge in [-0.3, -0.25) is 0 Å². The number of aliphatic hydroxyl groups excluding tert-OH is 1. The van der Waals surface area contributed by atoms with Crippen LogP contribution in [0.4, 0.5) is 10.2 Å². The minimum Gasteiger partial charge on any atom is -0.393 e. The molecular weight excluding hydrogens is 299 g/mol. The van der Waals surface area contributed by atoms with Crippen molar-refractivity contribution in [2.24, 2.45) is 13.0 Å². The van der Waals surface area contributed by atoms with Gasteiger partial charge in [0, 0.05) is 25.4 Å². The smallest absolute Gasteiger partial charge is 0.186 e.